The molecule has 1 aliphatic heterocycles. The number of carbonyl (C=O) groups is 2. The lowest BCUT2D eigenvalue weighted by molar-refractivity contribution is -0.125. The second kappa shape index (κ2) is 7.86. The fourth-order valence-corrected chi connectivity index (χ4v) is 3.94. The molecule has 2 unspecified atom stereocenters. The van der Waals surface area contributed by atoms with Crippen molar-refractivity contribution < 1.29 is 18.4 Å². The van der Waals surface area contributed by atoms with Crippen molar-refractivity contribution >= 4 is 23.6 Å². The normalized spacial score (nSPS) is 17.8. The maximum absolute atomic E-state index is 13.4. The smallest absolute Gasteiger partial charge is 0.255 e. The lowest BCUT2D eigenvalue weighted by Crippen LogP contribution is -2.47. The van der Waals surface area contributed by atoms with Crippen LogP contribution in [0.4, 0.5) is 8.78 Å². The molecule has 0 bridgehead atoms. The Labute approximate surface area is 154 Å². The molecule has 1 heterocycles. The van der Waals surface area contributed by atoms with Gasteiger partial charge in [-0.15, -0.1) is 11.8 Å². The molecular formula is C19H18F2N2O2S. The third kappa shape index (κ3) is 3.88. The molecule has 1 saturated heterocycles. The highest BCUT2D eigenvalue weighted by Gasteiger charge is 2.35. The van der Waals surface area contributed by atoms with Crippen molar-refractivity contribution in [3.05, 3.63) is 71.3 Å². The Balaban J connectivity index is 1.70. The molecule has 2 aromatic carbocycles. The van der Waals surface area contributed by atoms with Crippen molar-refractivity contribution in [2.24, 2.45) is 0 Å². The predicted molar refractivity (Wildman–Crippen MR) is 96.6 cm³/mol. The molecule has 3 rings (SSSR count). The van der Waals surface area contributed by atoms with Gasteiger partial charge in [0.2, 0.25) is 5.91 Å². The van der Waals surface area contributed by atoms with Gasteiger partial charge in [-0.1, -0.05) is 24.3 Å². The van der Waals surface area contributed by atoms with E-state index in [9.17, 15) is 18.4 Å². The average Bonchev–Trinajstić information content (AvgIpc) is 3.14. The molecule has 2 amide bonds. The Hall–Kier alpha value is -2.41. The van der Waals surface area contributed by atoms with Crippen LogP contribution in [0.1, 0.15) is 28.9 Å². The second-order valence-corrected chi connectivity index (χ2v) is 7.06. The van der Waals surface area contributed by atoms with Crippen molar-refractivity contribution in [1.82, 2.24) is 10.2 Å². The lowest BCUT2D eigenvalue weighted by Gasteiger charge is -2.25. The zero-order valence-electron chi connectivity index (χ0n) is 14.1. The molecule has 26 heavy (non-hydrogen) atoms. The van der Waals surface area contributed by atoms with Crippen LogP contribution >= 0.6 is 11.8 Å². The number of amides is 2. The van der Waals surface area contributed by atoms with Crippen LogP contribution in [-0.2, 0) is 4.79 Å². The third-order valence-corrected chi connectivity index (χ3v) is 5.28. The molecule has 1 fully saturated rings. The van der Waals surface area contributed by atoms with Crippen LogP contribution < -0.4 is 5.32 Å². The number of carbonyl (C=O) groups excluding carboxylic acids is 2. The summed E-state index contributed by atoms with van der Waals surface area (Å²) in [5.41, 5.74) is 0.991. The molecule has 2 aromatic rings. The maximum Gasteiger partial charge on any atom is 0.255 e. The molecule has 2 atom stereocenters. The van der Waals surface area contributed by atoms with Crippen LogP contribution in [0.5, 0.6) is 0 Å². The molecule has 0 aromatic heterocycles. The van der Waals surface area contributed by atoms with E-state index in [4.69, 9.17) is 0 Å². The molecule has 0 spiro atoms. The first-order valence-electron chi connectivity index (χ1n) is 8.16. The summed E-state index contributed by atoms with van der Waals surface area (Å²) < 4.78 is 26.5. The Morgan fingerprint density at radius 2 is 1.88 bits per heavy atom. The van der Waals surface area contributed by atoms with E-state index in [0.29, 0.717) is 22.8 Å². The van der Waals surface area contributed by atoms with Crippen molar-refractivity contribution in [3.8, 4) is 0 Å². The first-order valence-corrected chi connectivity index (χ1v) is 9.32. The van der Waals surface area contributed by atoms with Crippen LogP contribution in [-0.4, -0.2) is 34.4 Å². The molecule has 1 N–H and O–H groups in total. The number of benzene rings is 2. The molecule has 7 heteroatoms. The second-order valence-electron chi connectivity index (χ2n) is 6.06. The zero-order valence-corrected chi connectivity index (χ0v) is 14.9. The van der Waals surface area contributed by atoms with E-state index in [-0.39, 0.29) is 11.8 Å². The van der Waals surface area contributed by atoms with Crippen LogP contribution in [0.3, 0.4) is 0 Å². The highest BCUT2D eigenvalue weighted by molar-refractivity contribution is 7.99. The minimum atomic E-state index is -0.957. The third-order valence-electron chi connectivity index (χ3n) is 4.27. The Kier molecular flexibility index (Phi) is 5.56. The van der Waals surface area contributed by atoms with E-state index in [0.717, 1.165) is 12.1 Å². The van der Waals surface area contributed by atoms with E-state index >= 15 is 0 Å². The summed E-state index contributed by atoms with van der Waals surface area (Å²) in [6.07, 6.45) is 0. The lowest BCUT2D eigenvalue weighted by atomic mass is 10.1. The summed E-state index contributed by atoms with van der Waals surface area (Å²) in [5, 5.41) is 2.79. The van der Waals surface area contributed by atoms with E-state index in [1.165, 1.54) is 22.7 Å². The molecule has 0 saturated carbocycles. The van der Waals surface area contributed by atoms with E-state index in [2.05, 4.69) is 5.32 Å². The number of thioether (sulfide) groups is 1. The average molecular weight is 376 g/mol. The number of hydrogen-bond acceptors (Lipinski definition) is 3. The van der Waals surface area contributed by atoms with Gasteiger partial charge < -0.3 is 10.2 Å². The summed E-state index contributed by atoms with van der Waals surface area (Å²) in [5.74, 6) is -1.46. The number of hydrogen-bond donors (Lipinski definition) is 1. The van der Waals surface area contributed by atoms with Gasteiger partial charge in [-0.3, -0.25) is 9.59 Å². The summed E-state index contributed by atoms with van der Waals surface area (Å²) >= 11 is 1.50. The highest BCUT2D eigenvalue weighted by atomic mass is 32.2. The summed E-state index contributed by atoms with van der Waals surface area (Å²) in [4.78, 5) is 26.8. The van der Waals surface area contributed by atoms with Gasteiger partial charge in [-0.2, -0.15) is 0 Å². The van der Waals surface area contributed by atoms with Gasteiger partial charge in [-0.05, 0) is 36.8 Å². The summed E-state index contributed by atoms with van der Waals surface area (Å²) in [6.45, 7) is 1.69. The monoisotopic (exact) mass is 376 g/mol. The molecule has 0 aliphatic carbocycles. The summed E-state index contributed by atoms with van der Waals surface area (Å²) in [6, 6.07) is 11.2. The number of halogens is 2. The van der Waals surface area contributed by atoms with Gasteiger partial charge in [0.25, 0.3) is 5.91 Å². The number of nitrogens with one attached hydrogen (secondary N) is 1. The standard InChI is InChI=1S/C19H18F2N2O2S/c1-12(14-7-8-15(20)16(21)9-14)22-18(24)17-10-26-11-23(17)19(25)13-5-3-2-4-6-13/h2-9,12,17H,10-11H2,1H3,(H,22,24). The van der Waals surface area contributed by atoms with Crippen LogP contribution in [0.2, 0.25) is 0 Å². The van der Waals surface area contributed by atoms with Gasteiger partial charge >= 0.3 is 0 Å². The fraction of sp³-hybridized carbons (Fsp3) is 0.263. The molecule has 136 valence electrons. The van der Waals surface area contributed by atoms with Crippen LogP contribution in [0, 0.1) is 11.6 Å². The quantitative estimate of drug-likeness (QED) is 0.890. The summed E-state index contributed by atoms with van der Waals surface area (Å²) in [7, 11) is 0. The van der Waals surface area contributed by atoms with Crippen molar-refractivity contribution in [2.45, 2.75) is 19.0 Å². The van der Waals surface area contributed by atoms with Crippen molar-refractivity contribution in [2.75, 3.05) is 11.6 Å². The predicted octanol–water partition coefficient (Wildman–Crippen LogP) is 3.36. The molecule has 4 nitrogen and oxygen atoms in total. The highest BCUT2D eigenvalue weighted by Crippen LogP contribution is 2.24. The first-order chi connectivity index (χ1) is 12.5. The number of rotatable bonds is 4. The minimum absolute atomic E-state index is 0.198. The van der Waals surface area contributed by atoms with Gasteiger partial charge in [0.15, 0.2) is 11.6 Å². The fourth-order valence-electron chi connectivity index (χ4n) is 2.78. The number of nitrogens with zero attached hydrogens (tertiary/aromatic N) is 1. The SMILES string of the molecule is CC(NC(=O)C1CSCN1C(=O)c1ccccc1)c1ccc(F)c(F)c1. The minimum Gasteiger partial charge on any atom is -0.348 e. The zero-order chi connectivity index (χ0) is 18.7. The van der Waals surface area contributed by atoms with Gasteiger partial charge in [-0.25, -0.2) is 8.78 Å². The molecule has 0 radical (unpaired) electrons. The topological polar surface area (TPSA) is 49.4 Å². The van der Waals surface area contributed by atoms with E-state index in [1.54, 1.807) is 31.2 Å². The Bertz CT molecular complexity index is 816. The van der Waals surface area contributed by atoms with Gasteiger partial charge in [0.1, 0.15) is 6.04 Å². The van der Waals surface area contributed by atoms with E-state index < -0.39 is 23.7 Å². The first kappa shape index (κ1) is 18.4. The molecular weight excluding hydrogens is 358 g/mol. The Morgan fingerprint density at radius 3 is 2.58 bits per heavy atom. The van der Waals surface area contributed by atoms with Crippen molar-refractivity contribution in [1.29, 1.82) is 0 Å². The molecule has 1 aliphatic rings. The van der Waals surface area contributed by atoms with Crippen molar-refractivity contribution in [3.63, 3.8) is 0 Å². The van der Waals surface area contributed by atoms with E-state index in [1.807, 2.05) is 6.07 Å². The Morgan fingerprint density at radius 1 is 1.15 bits per heavy atom. The van der Waals surface area contributed by atoms with Gasteiger partial charge in [0.05, 0.1) is 11.9 Å². The van der Waals surface area contributed by atoms with Crippen LogP contribution in [0.25, 0.3) is 0 Å². The van der Waals surface area contributed by atoms with Gasteiger partial charge in [0, 0.05) is 11.3 Å². The maximum atomic E-state index is 13.4. The largest absolute Gasteiger partial charge is 0.348 e. The van der Waals surface area contributed by atoms with Crippen LogP contribution in [0.15, 0.2) is 48.5 Å².